The van der Waals surface area contributed by atoms with Crippen molar-refractivity contribution in [1.29, 1.82) is 0 Å². The topological polar surface area (TPSA) is 63.1 Å². The molecule has 6 heteroatoms. The molecule has 2 amide bonds. The summed E-state index contributed by atoms with van der Waals surface area (Å²) in [5, 5.41) is 7.23. The van der Waals surface area contributed by atoms with Crippen LogP contribution in [0.1, 0.15) is 24.0 Å². The Morgan fingerprint density at radius 3 is 2.81 bits per heavy atom. The van der Waals surface area contributed by atoms with Crippen molar-refractivity contribution in [3.63, 3.8) is 0 Å². The predicted molar refractivity (Wildman–Crippen MR) is 101 cm³/mol. The maximum atomic E-state index is 13.0. The van der Waals surface area contributed by atoms with Gasteiger partial charge in [-0.25, -0.2) is 14.5 Å². The fraction of sp³-hybridized carbons (Fsp3) is 0.250. The third-order valence-corrected chi connectivity index (χ3v) is 4.66. The van der Waals surface area contributed by atoms with Gasteiger partial charge < -0.3 is 5.32 Å². The van der Waals surface area contributed by atoms with Crippen LogP contribution in [0.3, 0.4) is 0 Å². The molecular weight excluding hydrogens is 326 g/mol. The molecule has 1 N–H and O–H groups in total. The van der Waals surface area contributed by atoms with Gasteiger partial charge in [0.1, 0.15) is 12.7 Å². The number of hydrogen-bond donors (Lipinski definition) is 1. The molecule has 0 saturated heterocycles. The summed E-state index contributed by atoms with van der Waals surface area (Å²) in [6.45, 7) is 1.29. The number of amides is 2. The molecule has 0 bridgehead atoms. The Bertz CT molecular complexity index is 891. The number of benzene rings is 2. The molecule has 3 aromatic rings. The predicted octanol–water partition coefficient (Wildman–Crippen LogP) is 3.70. The van der Waals surface area contributed by atoms with Gasteiger partial charge >= 0.3 is 6.03 Å². The van der Waals surface area contributed by atoms with E-state index in [1.54, 1.807) is 11.0 Å². The lowest BCUT2D eigenvalue weighted by atomic mass is 10.1. The van der Waals surface area contributed by atoms with Crippen molar-refractivity contribution in [2.75, 3.05) is 16.8 Å². The van der Waals surface area contributed by atoms with Gasteiger partial charge in [-0.15, -0.1) is 0 Å². The summed E-state index contributed by atoms with van der Waals surface area (Å²) in [4.78, 5) is 18.8. The first kappa shape index (κ1) is 16.3. The average Bonchev–Trinajstić information content (AvgIpc) is 3.07. The largest absolute Gasteiger partial charge is 0.326 e. The van der Waals surface area contributed by atoms with Crippen molar-refractivity contribution in [3.8, 4) is 0 Å². The number of carbonyl (C=O) groups is 1. The van der Waals surface area contributed by atoms with Crippen LogP contribution >= 0.6 is 0 Å². The van der Waals surface area contributed by atoms with Gasteiger partial charge in [-0.05, 0) is 42.5 Å². The van der Waals surface area contributed by atoms with E-state index in [9.17, 15) is 4.79 Å². The highest BCUT2D eigenvalue weighted by Gasteiger charge is 2.21. The summed E-state index contributed by atoms with van der Waals surface area (Å²) < 4.78 is 1.74. The molecule has 1 aliphatic rings. The van der Waals surface area contributed by atoms with E-state index in [0.29, 0.717) is 6.54 Å². The standard InChI is InChI=1S/C20H21N5O/c26-20(25-12-6-5-8-16-7-2-4-11-19(16)25)23-18-10-3-1-9-17(18)13-24-15-21-14-22-24/h1-4,7,9-11,14-15H,5-6,8,12-13H2,(H,23,26). The van der Waals surface area contributed by atoms with Crippen molar-refractivity contribution in [1.82, 2.24) is 14.8 Å². The Balaban J connectivity index is 1.57. The number of rotatable bonds is 3. The van der Waals surface area contributed by atoms with E-state index in [0.717, 1.165) is 42.7 Å². The van der Waals surface area contributed by atoms with Crippen molar-refractivity contribution < 1.29 is 4.79 Å². The molecule has 0 radical (unpaired) electrons. The Kier molecular flexibility index (Phi) is 4.64. The maximum absolute atomic E-state index is 13.0. The number of carbonyl (C=O) groups excluding carboxylic acids is 1. The first-order chi connectivity index (χ1) is 12.8. The van der Waals surface area contributed by atoms with E-state index in [1.165, 1.54) is 11.9 Å². The summed E-state index contributed by atoms with van der Waals surface area (Å²) in [6.07, 6.45) is 6.30. The highest BCUT2D eigenvalue weighted by atomic mass is 16.2. The van der Waals surface area contributed by atoms with Gasteiger partial charge in [0, 0.05) is 17.9 Å². The zero-order chi connectivity index (χ0) is 17.8. The third-order valence-electron chi connectivity index (χ3n) is 4.66. The van der Waals surface area contributed by atoms with Crippen LogP contribution in [0.15, 0.2) is 61.2 Å². The Labute approximate surface area is 152 Å². The lowest BCUT2D eigenvalue weighted by Gasteiger charge is -2.24. The van der Waals surface area contributed by atoms with E-state index < -0.39 is 0 Å². The summed E-state index contributed by atoms with van der Waals surface area (Å²) in [5.74, 6) is 0. The van der Waals surface area contributed by atoms with Crippen LogP contribution in [0.4, 0.5) is 16.2 Å². The molecule has 0 unspecified atom stereocenters. The number of nitrogens with one attached hydrogen (secondary N) is 1. The highest BCUT2D eigenvalue weighted by Crippen LogP contribution is 2.27. The molecule has 1 aromatic heterocycles. The maximum Gasteiger partial charge on any atom is 0.326 e. The van der Waals surface area contributed by atoms with Crippen LogP contribution in [-0.2, 0) is 13.0 Å². The number of fused-ring (bicyclic) bond motifs is 1. The Morgan fingerprint density at radius 1 is 1.08 bits per heavy atom. The quantitative estimate of drug-likeness (QED) is 0.786. The van der Waals surface area contributed by atoms with Crippen LogP contribution in [0.25, 0.3) is 0 Å². The van der Waals surface area contributed by atoms with Crippen LogP contribution in [0.5, 0.6) is 0 Å². The van der Waals surface area contributed by atoms with E-state index >= 15 is 0 Å². The van der Waals surface area contributed by atoms with Gasteiger partial charge in [0.25, 0.3) is 0 Å². The third kappa shape index (κ3) is 3.44. The Morgan fingerprint density at radius 2 is 1.92 bits per heavy atom. The molecule has 6 nitrogen and oxygen atoms in total. The SMILES string of the molecule is O=C(Nc1ccccc1Cn1cncn1)N1CCCCc2ccccc21. The Hall–Kier alpha value is -3.15. The van der Waals surface area contributed by atoms with E-state index in [2.05, 4.69) is 21.5 Å². The first-order valence-corrected chi connectivity index (χ1v) is 8.88. The minimum atomic E-state index is -0.0922. The molecule has 4 rings (SSSR count). The molecule has 0 aliphatic carbocycles. The van der Waals surface area contributed by atoms with Crippen LogP contribution in [0.2, 0.25) is 0 Å². The van der Waals surface area contributed by atoms with E-state index in [1.807, 2.05) is 47.4 Å². The average molecular weight is 347 g/mol. The first-order valence-electron chi connectivity index (χ1n) is 8.88. The summed E-state index contributed by atoms with van der Waals surface area (Å²) in [5.41, 5.74) is 4.04. The van der Waals surface area contributed by atoms with E-state index in [4.69, 9.17) is 0 Å². The second kappa shape index (κ2) is 7.39. The summed E-state index contributed by atoms with van der Waals surface area (Å²) in [7, 11) is 0. The van der Waals surface area contributed by atoms with Gasteiger partial charge in [-0.2, -0.15) is 5.10 Å². The molecule has 2 aromatic carbocycles. The highest BCUT2D eigenvalue weighted by molar-refractivity contribution is 6.02. The summed E-state index contributed by atoms with van der Waals surface area (Å²) >= 11 is 0. The van der Waals surface area contributed by atoms with Crippen LogP contribution < -0.4 is 10.2 Å². The number of nitrogens with zero attached hydrogens (tertiary/aromatic N) is 4. The second-order valence-corrected chi connectivity index (χ2v) is 6.42. The van der Waals surface area contributed by atoms with Crippen molar-refractivity contribution in [2.45, 2.75) is 25.8 Å². The molecule has 132 valence electrons. The fourth-order valence-corrected chi connectivity index (χ4v) is 3.35. The van der Waals surface area contributed by atoms with Crippen molar-refractivity contribution in [3.05, 3.63) is 72.3 Å². The fourth-order valence-electron chi connectivity index (χ4n) is 3.35. The zero-order valence-electron chi connectivity index (χ0n) is 14.5. The van der Waals surface area contributed by atoms with Gasteiger partial charge in [0.05, 0.1) is 6.54 Å². The molecule has 26 heavy (non-hydrogen) atoms. The second-order valence-electron chi connectivity index (χ2n) is 6.42. The smallest absolute Gasteiger partial charge is 0.307 e. The minimum absolute atomic E-state index is 0.0922. The van der Waals surface area contributed by atoms with Crippen LogP contribution in [-0.4, -0.2) is 27.3 Å². The van der Waals surface area contributed by atoms with Crippen molar-refractivity contribution in [2.24, 2.45) is 0 Å². The van der Waals surface area contributed by atoms with Gasteiger partial charge in [-0.1, -0.05) is 36.4 Å². The molecular formula is C20H21N5O. The lowest BCUT2D eigenvalue weighted by Crippen LogP contribution is -2.36. The van der Waals surface area contributed by atoms with Crippen molar-refractivity contribution >= 4 is 17.4 Å². The lowest BCUT2D eigenvalue weighted by molar-refractivity contribution is 0.257. The number of hydrogen-bond acceptors (Lipinski definition) is 3. The molecule has 0 saturated carbocycles. The molecule has 2 heterocycles. The van der Waals surface area contributed by atoms with Gasteiger partial charge in [0.2, 0.25) is 0 Å². The molecule has 0 fully saturated rings. The van der Waals surface area contributed by atoms with Gasteiger partial charge in [0.15, 0.2) is 0 Å². The van der Waals surface area contributed by atoms with Gasteiger partial charge in [-0.3, -0.25) is 4.90 Å². The number of aromatic nitrogens is 3. The molecule has 0 atom stereocenters. The van der Waals surface area contributed by atoms with E-state index in [-0.39, 0.29) is 6.03 Å². The monoisotopic (exact) mass is 347 g/mol. The van der Waals surface area contributed by atoms with Crippen LogP contribution in [0, 0.1) is 0 Å². The molecule has 1 aliphatic heterocycles. The summed E-state index contributed by atoms with van der Waals surface area (Å²) in [6, 6.07) is 15.9. The number of anilines is 2. The molecule has 0 spiro atoms. The zero-order valence-corrected chi connectivity index (χ0v) is 14.5. The number of para-hydroxylation sites is 2. The normalized spacial score (nSPS) is 13.8. The number of aryl methyl sites for hydroxylation is 1. The number of urea groups is 1. The minimum Gasteiger partial charge on any atom is -0.307 e.